The van der Waals surface area contributed by atoms with Gasteiger partial charge in [-0.05, 0) is 77.4 Å². The number of hydrogen-bond acceptors (Lipinski definition) is 2. The van der Waals surface area contributed by atoms with E-state index in [-0.39, 0.29) is 16.9 Å². The fourth-order valence-corrected chi connectivity index (χ4v) is 3.98. The standard InChI is InChI=1S/C27H25NO3/c1-17-4-6-18(7-5-17)22-14-15-27(2,3)24-13-10-20(16-23(22)24)25(29)28-21-11-8-19(9-12-21)26(30)31/h4-14,16H,15H2,1-3H3,(H,28,29)(H,30,31). The molecule has 1 amide bonds. The summed E-state index contributed by atoms with van der Waals surface area (Å²) in [6.07, 6.45) is 3.20. The van der Waals surface area contributed by atoms with E-state index in [1.807, 2.05) is 12.1 Å². The number of aryl methyl sites for hydroxylation is 1. The fraction of sp³-hybridized carbons (Fsp3) is 0.185. The van der Waals surface area contributed by atoms with E-state index in [4.69, 9.17) is 5.11 Å². The summed E-state index contributed by atoms with van der Waals surface area (Å²) in [5.41, 5.74) is 7.11. The molecule has 1 aliphatic rings. The number of rotatable bonds is 4. The Morgan fingerprint density at radius 1 is 0.903 bits per heavy atom. The molecule has 0 aliphatic heterocycles. The van der Waals surface area contributed by atoms with Crippen molar-refractivity contribution in [1.82, 2.24) is 0 Å². The summed E-state index contributed by atoms with van der Waals surface area (Å²) in [5.74, 6) is -1.22. The molecule has 0 bridgehead atoms. The second kappa shape index (κ2) is 7.88. The molecule has 3 aromatic rings. The molecular formula is C27H25NO3. The number of amides is 1. The Kier molecular flexibility index (Phi) is 5.24. The number of carboxylic acid groups (broad SMARTS) is 1. The molecular weight excluding hydrogens is 386 g/mol. The minimum absolute atomic E-state index is 0.00873. The van der Waals surface area contributed by atoms with Crippen molar-refractivity contribution in [3.8, 4) is 0 Å². The lowest BCUT2D eigenvalue weighted by Crippen LogP contribution is -2.23. The van der Waals surface area contributed by atoms with Crippen LogP contribution in [0.15, 0.2) is 72.8 Å². The summed E-state index contributed by atoms with van der Waals surface area (Å²) in [6, 6.07) is 20.5. The average molecular weight is 412 g/mol. The average Bonchev–Trinajstić information content (AvgIpc) is 2.75. The van der Waals surface area contributed by atoms with Crippen LogP contribution in [0.5, 0.6) is 0 Å². The minimum atomic E-state index is -0.995. The Morgan fingerprint density at radius 2 is 1.55 bits per heavy atom. The molecule has 0 unspecified atom stereocenters. The van der Waals surface area contributed by atoms with E-state index in [1.165, 1.54) is 23.3 Å². The maximum absolute atomic E-state index is 12.9. The fourth-order valence-electron chi connectivity index (χ4n) is 3.98. The van der Waals surface area contributed by atoms with Crippen LogP contribution >= 0.6 is 0 Å². The number of carbonyl (C=O) groups is 2. The smallest absolute Gasteiger partial charge is 0.335 e. The first kappa shape index (κ1) is 20.6. The molecule has 0 heterocycles. The first-order valence-corrected chi connectivity index (χ1v) is 10.3. The molecule has 3 aromatic carbocycles. The summed E-state index contributed by atoms with van der Waals surface area (Å²) in [7, 11) is 0. The van der Waals surface area contributed by atoms with Crippen molar-refractivity contribution in [1.29, 1.82) is 0 Å². The molecule has 0 fully saturated rings. The maximum atomic E-state index is 12.9. The Labute approximate surface area is 182 Å². The Hall–Kier alpha value is -3.66. The van der Waals surface area contributed by atoms with Gasteiger partial charge in [-0.1, -0.05) is 55.8 Å². The molecule has 1 aliphatic carbocycles. The van der Waals surface area contributed by atoms with Gasteiger partial charge in [0.05, 0.1) is 5.56 Å². The van der Waals surface area contributed by atoms with Crippen LogP contribution in [-0.4, -0.2) is 17.0 Å². The lowest BCUT2D eigenvalue weighted by atomic mass is 9.72. The number of fused-ring (bicyclic) bond motifs is 1. The van der Waals surface area contributed by atoms with Crippen LogP contribution in [0.4, 0.5) is 5.69 Å². The number of aromatic carboxylic acids is 1. The van der Waals surface area contributed by atoms with E-state index in [9.17, 15) is 9.59 Å². The number of nitrogens with one attached hydrogen (secondary N) is 1. The zero-order valence-corrected chi connectivity index (χ0v) is 17.9. The summed E-state index contributed by atoms with van der Waals surface area (Å²) >= 11 is 0. The minimum Gasteiger partial charge on any atom is -0.478 e. The normalized spacial score (nSPS) is 14.4. The van der Waals surface area contributed by atoms with Crippen LogP contribution in [0.3, 0.4) is 0 Å². The predicted molar refractivity (Wildman–Crippen MR) is 124 cm³/mol. The lowest BCUT2D eigenvalue weighted by molar-refractivity contribution is 0.0696. The molecule has 4 heteroatoms. The van der Waals surface area contributed by atoms with Crippen molar-refractivity contribution in [2.24, 2.45) is 0 Å². The van der Waals surface area contributed by atoms with E-state index in [0.717, 1.165) is 23.1 Å². The quantitative estimate of drug-likeness (QED) is 0.548. The molecule has 0 spiro atoms. The highest BCUT2D eigenvalue weighted by Crippen LogP contribution is 2.41. The maximum Gasteiger partial charge on any atom is 0.335 e. The van der Waals surface area contributed by atoms with Gasteiger partial charge < -0.3 is 10.4 Å². The highest BCUT2D eigenvalue weighted by molar-refractivity contribution is 6.05. The topological polar surface area (TPSA) is 66.4 Å². The summed E-state index contributed by atoms with van der Waals surface area (Å²) in [6.45, 7) is 6.51. The summed E-state index contributed by atoms with van der Waals surface area (Å²) in [4.78, 5) is 23.9. The molecule has 4 nitrogen and oxygen atoms in total. The number of benzene rings is 3. The van der Waals surface area contributed by atoms with E-state index >= 15 is 0 Å². The Balaban J connectivity index is 1.67. The van der Waals surface area contributed by atoms with Gasteiger partial charge in [0.1, 0.15) is 0 Å². The Morgan fingerprint density at radius 3 is 2.19 bits per heavy atom. The highest BCUT2D eigenvalue weighted by Gasteiger charge is 2.29. The van der Waals surface area contributed by atoms with Gasteiger partial charge in [-0.25, -0.2) is 4.79 Å². The first-order chi connectivity index (χ1) is 14.7. The molecule has 156 valence electrons. The monoisotopic (exact) mass is 411 g/mol. The van der Waals surface area contributed by atoms with E-state index < -0.39 is 5.97 Å². The predicted octanol–water partition coefficient (Wildman–Crippen LogP) is 6.06. The molecule has 31 heavy (non-hydrogen) atoms. The molecule has 2 N–H and O–H groups in total. The van der Waals surface area contributed by atoms with Crippen LogP contribution in [0, 0.1) is 6.92 Å². The number of hydrogen-bond donors (Lipinski definition) is 2. The molecule has 0 atom stereocenters. The van der Waals surface area contributed by atoms with Crippen molar-refractivity contribution in [2.45, 2.75) is 32.6 Å². The van der Waals surface area contributed by atoms with Gasteiger partial charge in [-0.3, -0.25) is 4.79 Å². The van der Waals surface area contributed by atoms with Crippen molar-refractivity contribution < 1.29 is 14.7 Å². The molecule has 4 rings (SSSR count). The second-order valence-corrected chi connectivity index (χ2v) is 8.67. The third-order valence-electron chi connectivity index (χ3n) is 5.87. The van der Waals surface area contributed by atoms with Crippen LogP contribution in [-0.2, 0) is 5.41 Å². The highest BCUT2D eigenvalue weighted by atomic mass is 16.4. The summed E-state index contributed by atoms with van der Waals surface area (Å²) in [5, 5.41) is 11.9. The summed E-state index contributed by atoms with van der Waals surface area (Å²) < 4.78 is 0. The van der Waals surface area contributed by atoms with E-state index in [1.54, 1.807) is 12.1 Å². The van der Waals surface area contributed by atoms with Crippen molar-refractivity contribution >= 4 is 23.1 Å². The van der Waals surface area contributed by atoms with Gasteiger partial charge in [0.25, 0.3) is 5.91 Å². The number of carboxylic acids is 1. The third-order valence-corrected chi connectivity index (χ3v) is 5.87. The van der Waals surface area contributed by atoms with Crippen molar-refractivity contribution in [3.05, 3.63) is 106 Å². The van der Waals surface area contributed by atoms with E-state index in [0.29, 0.717) is 11.3 Å². The van der Waals surface area contributed by atoms with Crippen molar-refractivity contribution in [2.75, 3.05) is 5.32 Å². The van der Waals surface area contributed by atoms with Crippen LogP contribution in [0.1, 0.15) is 63.2 Å². The van der Waals surface area contributed by atoms with Gasteiger partial charge in [-0.15, -0.1) is 0 Å². The molecule has 0 saturated heterocycles. The van der Waals surface area contributed by atoms with Gasteiger partial charge >= 0.3 is 5.97 Å². The van der Waals surface area contributed by atoms with Crippen LogP contribution < -0.4 is 5.32 Å². The van der Waals surface area contributed by atoms with Gasteiger partial charge in [-0.2, -0.15) is 0 Å². The Bertz CT molecular complexity index is 1190. The van der Waals surface area contributed by atoms with Gasteiger partial charge in [0.2, 0.25) is 0 Å². The lowest BCUT2D eigenvalue weighted by Gasteiger charge is -2.32. The molecule has 0 radical (unpaired) electrons. The largest absolute Gasteiger partial charge is 0.478 e. The zero-order valence-electron chi connectivity index (χ0n) is 17.9. The van der Waals surface area contributed by atoms with Crippen molar-refractivity contribution in [3.63, 3.8) is 0 Å². The van der Waals surface area contributed by atoms with Crippen LogP contribution in [0.2, 0.25) is 0 Å². The zero-order chi connectivity index (χ0) is 22.2. The second-order valence-electron chi connectivity index (χ2n) is 8.67. The molecule has 0 saturated carbocycles. The number of carbonyl (C=O) groups excluding carboxylic acids is 1. The third kappa shape index (κ3) is 4.15. The SMILES string of the molecule is Cc1ccc(C2=CCC(C)(C)c3ccc(C(=O)Nc4ccc(C(=O)O)cc4)cc32)cc1. The molecule has 0 aromatic heterocycles. The number of allylic oxidation sites excluding steroid dienone is 1. The van der Waals surface area contributed by atoms with Gasteiger partial charge in [0, 0.05) is 11.3 Å². The van der Waals surface area contributed by atoms with Crippen LogP contribution in [0.25, 0.3) is 5.57 Å². The number of anilines is 1. The van der Waals surface area contributed by atoms with Gasteiger partial charge in [0.15, 0.2) is 0 Å². The van der Waals surface area contributed by atoms with E-state index in [2.05, 4.69) is 62.5 Å². The first-order valence-electron chi connectivity index (χ1n) is 10.3.